The first-order chi connectivity index (χ1) is 8.58. The van der Waals surface area contributed by atoms with Crippen LogP contribution in [0.3, 0.4) is 0 Å². The molecule has 1 fully saturated rings. The third-order valence-electron chi connectivity index (χ3n) is 3.61. The van der Waals surface area contributed by atoms with E-state index in [1.54, 1.807) is 0 Å². The maximum absolute atomic E-state index is 13.1. The van der Waals surface area contributed by atoms with Gasteiger partial charge in [0.25, 0.3) is 0 Å². The molecule has 0 spiro atoms. The van der Waals surface area contributed by atoms with Crippen molar-refractivity contribution in [3.05, 3.63) is 34.6 Å². The van der Waals surface area contributed by atoms with Crippen molar-refractivity contribution in [3.63, 3.8) is 0 Å². The van der Waals surface area contributed by atoms with Crippen molar-refractivity contribution >= 4 is 17.4 Å². The lowest BCUT2D eigenvalue weighted by Gasteiger charge is -2.27. The lowest BCUT2D eigenvalue weighted by Crippen LogP contribution is -2.38. The number of nitrogens with two attached hydrogens (primary N) is 1. The van der Waals surface area contributed by atoms with Crippen LogP contribution in [0.4, 0.5) is 4.39 Å². The largest absolute Gasteiger partial charge is 0.327 e. The van der Waals surface area contributed by atoms with Crippen LogP contribution >= 0.6 is 11.6 Å². The summed E-state index contributed by atoms with van der Waals surface area (Å²) in [7, 11) is 0. The molecule has 1 aromatic carbocycles. The Hall–Kier alpha value is -0.930. The summed E-state index contributed by atoms with van der Waals surface area (Å²) >= 11 is 5.97. The highest BCUT2D eigenvalue weighted by Gasteiger charge is 2.28. The predicted octanol–water partition coefficient (Wildman–Crippen LogP) is 3.11. The Morgan fingerprint density at radius 1 is 1.39 bits per heavy atom. The first-order valence-electron chi connectivity index (χ1n) is 6.30. The van der Waals surface area contributed by atoms with Crippen molar-refractivity contribution in [1.82, 2.24) is 0 Å². The third kappa shape index (κ3) is 3.09. The molecule has 0 amide bonds. The van der Waals surface area contributed by atoms with E-state index in [0.717, 1.165) is 25.7 Å². The quantitative estimate of drug-likeness (QED) is 0.916. The van der Waals surface area contributed by atoms with Crippen LogP contribution in [0.5, 0.6) is 0 Å². The van der Waals surface area contributed by atoms with E-state index in [4.69, 9.17) is 17.3 Å². The number of benzene rings is 1. The van der Waals surface area contributed by atoms with Crippen molar-refractivity contribution in [2.24, 2.45) is 11.7 Å². The highest BCUT2D eigenvalue weighted by Crippen LogP contribution is 2.26. The number of hydrogen-bond acceptors (Lipinski definition) is 2. The number of carbonyl (C=O) groups is 1. The van der Waals surface area contributed by atoms with Gasteiger partial charge in [0.1, 0.15) is 11.6 Å². The second-order valence-corrected chi connectivity index (χ2v) is 5.34. The number of halogens is 2. The molecule has 0 aliphatic heterocycles. The van der Waals surface area contributed by atoms with Crippen LogP contribution in [-0.2, 0) is 11.2 Å². The van der Waals surface area contributed by atoms with Gasteiger partial charge in [-0.3, -0.25) is 4.79 Å². The monoisotopic (exact) mass is 269 g/mol. The van der Waals surface area contributed by atoms with Gasteiger partial charge in [-0.05, 0) is 36.6 Å². The second kappa shape index (κ2) is 5.81. The molecule has 1 aliphatic rings. The SMILES string of the molecule is NC1CCCCC1C(=O)Cc1cc(F)ccc1Cl. The maximum Gasteiger partial charge on any atom is 0.141 e. The third-order valence-corrected chi connectivity index (χ3v) is 3.97. The molecule has 1 aromatic rings. The standard InChI is InChI=1S/C14H17ClFNO/c15-12-6-5-10(16)7-9(12)8-14(18)11-3-1-2-4-13(11)17/h5-7,11,13H,1-4,8,17H2. The van der Waals surface area contributed by atoms with E-state index >= 15 is 0 Å². The van der Waals surface area contributed by atoms with Crippen molar-refractivity contribution in [1.29, 1.82) is 0 Å². The zero-order valence-electron chi connectivity index (χ0n) is 10.2. The first-order valence-corrected chi connectivity index (χ1v) is 6.68. The average molecular weight is 270 g/mol. The summed E-state index contributed by atoms with van der Waals surface area (Å²) < 4.78 is 13.1. The van der Waals surface area contributed by atoms with Gasteiger partial charge in [0.2, 0.25) is 0 Å². The average Bonchev–Trinajstić information content (AvgIpc) is 2.34. The summed E-state index contributed by atoms with van der Waals surface area (Å²) in [6.07, 6.45) is 4.04. The molecule has 1 aliphatic carbocycles. The van der Waals surface area contributed by atoms with Crippen LogP contribution in [-0.4, -0.2) is 11.8 Å². The fourth-order valence-corrected chi connectivity index (χ4v) is 2.74. The fraction of sp³-hybridized carbons (Fsp3) is 0.500. The van der Waals surface area contributed by atoms with Crippen LogP contribution in [0.2, 0.25) is 5.02 Å². The van der Waals surface area contributed by atoms with Crippen molar-refractivity contribution < 1.29 is 9.18 Å². The normalized spacial score (nSPS) is 23.9. The summed E-state index contributed by atoms with van der Waals surface area (Å²) in [6, 6.07) is 4.05. The first kappa shape index (κ1) is 13.5. The van der Waals surface area contributed by atoms with E-state index in [0.29, 0.717) is 10.6 Å². The minimum Gasteiger partial charge on any atom is -0.327 e. The lowest BCUT2D eigenvalue weighted by molar-refractivity contribution is -0.123. The van der Waals surface area contributed by atoms with Crippen LogP contribution in [0.1, 0.15) is 31.2 Å². The van der Waals surface area contributed by atoms with Gasteiger partial charge in [-0.25, -0.2) is 4.39 Å². The van der Waals surface area contributed by atoms with Gasteiger partial charge in [-0.15, -0.1) is 0 Å². The van der Waals surface area contributed by atoms with Crippen LogP contribution in [0.25, 0.3) is 0 Å². The van der Waals surface area contributed by atoms with Gasteiger partial charge < -0.3 is 5.73 Å². The second-order valence-electron chi connectivity index (χ2n) is 4.93. The van der Waals surface area contributed by atoms with Gasteiger partial charge in [0, 0.05) is 23.4 Å². The van der Waals surface area contributed by atoms with Crippen molar-refractivity contribution in [3.8, 4) is 0 Å². The molecular weight excluding hydrogens is 253 g/mol. The predicted molar refractivity (Wildman–Crippen MR) is 70.1 cm³/mol. The van der Waals surface area contributed by atoms with Crippen LogP contribution < -0.4 is 5.73 Å². The van der Waals surface area contributed by atoms with E-state index in [1.807, 2.05) is 0 Å². The summed E-state index contributed by atoms with van der Waals surface area (Å²) in [5.74, 6) is -0.386. The zero-order chi connectivity index (χ0) is 13.1. The molecule has 98 valence electrons. The lowest BCUT2D eigenvalue weighted by atomic mass is 9.81. The van der Waals surface area contributed by atoms with E-state index in [9.17, 15) is 9.18 Å². The van der Waals surface area contributed by atoms with E-state index in [-0.39, 0.29) is 30.0 Å². The Bertz CT molecular complexity index is 449. The number of carbonyl (C=O) groups excluding carboxylic acids is 1. The molecule has 2 nitrogen and oxygen atoms in total. The number of hydrogen-bond donors (Lipinski definition) is 1. The molecule has 0 bridgehead atoms. The van der Waals surface area contributed by atoms with Crippen LogP contribution in [0, 0.1) is 11.7 Å². The smallest absolute Gasteiger partial charge is 0.141 e. The summed E-state index contributed by atoms with van der Waals surface area (Å²) in [6.45, 7) is 0. The molecule has 2 unspecified atom stereocenters. The number of rotatable bonds is 3. The Morgan fingerprint density at radius 3 is 2.83 bits per heavy atom. The summed E-state index contributed by atoms with van der Waals surface area (Å²) in [5, 5.41) is 0.439. The van der Waals surface area contributed by atoms with Crippen molar-refractivity contribution in [2.45, 2.75) is 38.1 Å². The zero-order valence-corrected chi connectivity index (χ0v) is 10.9. The van der Waals surface area contributed by atoms with Crippen molar-refractivity contribution in [2.75, 3.05) is 0 Å². The minimum atomic E-state index is -0.366. The maximum atomic E-state index is 13.1. The Balaban J connectivity index is 2.08. The summed E-state index contributed by atoms with van der Waals surface area (Å²) in [4.78, 5) is 12.2. The van der Waals surface area contributed by atoms with Gasteiger partial charge in [-0.2, -0.15) is 0 Å². The van der Waals surface area contributed by atoms with Gasteiger partial charge in [0.05, 0.1) is 0 Å². The topological polar surface area (TPSA) is 43.1 Å². The molecule has 1 saturated carbocycles. The number of Topliss-reactive ketones (excluding diaryl/α,β-unsaturated/α-hetero) is 1. The molecule has 0 aromatic heterocycles. The Morgan fingerprint density at radius 2 is 2.11 bits per heavy atom. The molecule has 2 rings (SSSR count). The number of ketones is 1. The van der Waals surface area contributed by atoms with E-state index < -0.39 is 0 Å². The highest BCUT2D eigenvalue weighted by molar-refractivity contribution is 6.31. The van der Waals surface area contributed by atoms with Gasteiger partial charge in [0.15, 0.2) is 0 Å². The fourth-order valence-electron chi connectivity index (χ4n) is 2.56. The minimum absolute atomic E-state index is 0.0569. The Labute approximate surface area is 111 Å². The molecule has 4 heteroatoms. The molecule has 0 heterocycles. The molecule has 2 atom stereocenters. The van der Waals surface area contributed by atoms with E-state index in [2.05, 4.69) is 0 Å². The molecule has 2 N–H and O–H groups in total. The van der Waals surface area contributed by atoms with E-state index in [1.165, 1.54) is 18.2 Å². The molecule has 18 heavy (non-hydrogen) atoms. The van der Waals surface area contributed by atoms with Gasteiger partial charge in [-0.1, -0.05) is 24.4 Å². The molecule has 0 radical (unpaired) electrons. The Kier molecular flexibility index (Phi) is 4.36. The molecular formula is C14H17ClFNO. The highest BCUT2D eigenvalue weighted by atomic mass is 35.5. The van der Waals surface area contributed by atoms with Crippen LogP contribution in [0.15, 0.2) is 18.2 Å². The van der Waals surface area contributed by atoms with Gasteiger partial charge >= 0.3 is 0 Å². The molecule has 0 saturated heterocycles. The summed E-state index contributed by atoms with van der Waals surface area (Å²) in [5.41, 5.74) is 6.53.